The summed E-state index contributed by atoms with van der Waals surface area (Å²) < 4.78 is 0. The molecule has 1 aromatic carbocycles. The van der Waals surface area contributed by atoms with Gasteiger partial charge in [-0.15, -0.1) is 0 Å². The molecular formula is C21H29N5O. The van der Waals surface area contributed by atoms with Crippen molar-refractivity contribution in [3.63, 3.8) is 0 Å². The van der Waals surface area contributed by atoms with Crippen molar-refractivity contribution in [2.75, 3.05) is 40.3 Å². The van der Waals surface area contributed by atoms with Gasteiger partial charge >= 0.3 is 0 Å². The fourth-order valence-corrected chi connectivity index (χ4v) is 4.82. The molecular weight excluding hydrogens is 338 g/mol. The topological polar surface area (TPSA) is 55.5 Å². The molecule has 0 radical (unpaired) electrons. The van der Waals surface area contributed by atoms with Crippen LogP contribution in [0, 0.1) is 18.8 Å². The Bertz CT molecular complexity index is 788. The number of fused-ring (bicyclic) bond motifs is 1. The molecule has 3 atom stereocenters. The van der Waals surface area contributed by atoms with Gasteiger partial charge in [-0.05, 0) is 38.1 Å². The Balaban J connectivity index is 1.58. The fraction of sp³-hybridized carbons (Fsp3) is 0.524. The first-order valence-electron chi connectivity index (χ1n) is 9.72. The number of nitrogens with zero attached hydrogens (tertiary/aromatic N) is 4. The Hall–Kier alpha value is -2.18. The summed E-state index contributed by atoms with van der Waals surface area (Å²) in [4.78, 5) is 19.6. The number of carbonyl (C=O) groups excluding carboxylic acids is 1. The van der Waals surface area contributed by atoms with Crippen LogP contribution >= 0.6 is 0 Å². The Morgan fingerprint density at radius 1 is 1.26 bits per heavy atom. The van der Waals surface area contributed by atoms with Crippen molar-refractivity contribution in [3.8, 4) is 0 Å². The summed E-state index contributed by atoms with van der Waals surface area (Å²) in [5.74, 6) is 1.26. The number of aromatic nitrogens is 2. The summed E-state index contributed by atoms with van der Waals surface area (Å²) in [6, 6.07) is 8.73. The minimum atomic E-state index is 0.179. The molecule has 1 N–H and O–H groups in total. The van der Waals surface area contributed by atoms with Crippen LogP contribution in [0.4, 0.5) is 0 Å². The Morgan fingerprint density at radius 3 is 2.78 bits per heavy atom. The highest BCUT2D eigenvalue weighted by atomic mass is 16.2. The SMILES string of the molecule is Cc1ccccc1[C@H]1[C@@H]2CN(Cc3cn[nH]c3)C[C@@H]2CN1C(=O)CN(C)C. The van der Waals surface area contributed by atoms with E-state index in [1.54, 1.807) is 0 Å². The largest absolute Gasteiger partial charge is 0.334 e. The summed E-state index contributed by atoms with van der Waals surface area (Å²) in [7, 11) is 3.93. The number of rotatable bonds is 5. The van der Waals surface area contributed by atoms with Gasteiger partial charge < -0.3 is 9.80 Å². The van der Waals surface area contributed by atoms with Crippen LogP contribution in [-0.4, -0.2) is 71.1 Å². The van der Waals surface area contributed by atoms with E-state index in [1.807, 2.05) is 31.4 Å². The third-order valence-electron chi connectivity index (χ3n) is 5.98. The first-order chi connectivity index (χ1) is 13.0. The summed E-state index contributed by atoms with van der Waals surface area (Å²) >= 11 is 0. The van der Waals surface area contributed by atoms with Gasteiger partial charge in [-0.25, -0.2) is 0 Å². The molecule has 2 aromatic rings. The molecule has 2 fully saturated rings. The zero-order valence-electron chi connectivity index (χ0n) is 16.4. The van der Waals surface area contributed by atoms with Gasteiger partial charge in [0.25, 0.3) is 0 Å². The average molecular weight is 367 g/mol. The van der Waals surface area contributed by atoms with E-state index >= 15 is 0 Å². The second-order valence-electron chi connectivity index (χ2n) is 8.31. The van der Waals surface area contributed by atoms with Gasteiger partial charge in [0.15, 0.2) is 0 Å². The second kappa shape index (κ2) is 7.44. The van der Waals surface area contributed by atoms with Crippen LogP contribution in [0.3, 0.4) is 0 Å². The molecule has 0 spiro atoms. The third kappa shape index (κ3) is 3.64. The monoisotopic (exact) mass is 367 g/mol. The summed E-state index contributed by atoms with van der Waals surface area (Å²) in [6.07, 6.45) is 3.87. The molecule has 0 bridgehead atoms. The van der Waals surface area contributed by atoms with Crippen LogP contribution in [0.5, 0.6) is 0 Å². The lowest BCUT2D eigenvalue weighted by Crippen LogP contribution is -2.40. The molecule has 3 heterocycles. The lowest BCUT2D eigenvalue weighted by atomic mass is 9.87. The Kier molecular flexibility index (Phi) is 5.02. The molecule has 0 saturated carbocycles. The number of nitrogens with one attached hydrogen (secondary N) is 1. The smallest absolute Gasteiger partial charge is 0.237 e. The highest BCUT2D eigenvalue weighted by Gasteiger charge is 2.49. The van der Waals surface area contributed by atoms with E-state index in [9.17, 15) is 4.79 Å². The lowest BCUT2D eigenvalue weighted by Gasteiger charge is -2.31. The number of likely N-dealkylation sites (tertiary alicyclic amines) is 2. The van der Waals surface area contributed by atoms with Crippen LogP contribution in [0.2, 0.25) is 0 Å². The summed E-state index contributed by atoms with van der Waals surface area (Å²) in [5.41, 5.74) is 3.81. The predicted octanol–water partition coefficient (Wildman–Crippen LogP) is 1.91. The second-order valence-corrected chi connectivity index (χ2v) is 8.31. The lowest BCUT2D eigenvalue weighted by molar-refractivity contribution is -0.133. The number of amides is 1. The molecule has 0 aliphatic carbocycles. The van der Waals surface area contributed by atoms with Crippen molar-refractivity contribution in [2.45, 2.75) is 19.5 Å². The first kappa shape index (κ1) is 18.2. The highest BCUT2D eigenvalue weighted by Crippen LogP contribution is 2.46. The van der Waals surface area contributed by atoms with Crippen molar-refractivity contribution in [3.05, 3.63) is 53.3 Å². The van der Waals surface area contributed by atoms with Gasteiger partial charge in [-0.2, -0.15) is 5.10 Å². The molecule has 2 aliphatic heterocycles. The third-order valence-corrected chi connectivity index (χ3v) is 5.98. The van der Waals surface area contributed by atoms with Crippen molar-refractivity contribution in [1.82, 2.24) is 24.9 Å². The Labute approximate surface area is 161 Å². The molecule has 0 unspecified atom stereocenters. The number of H-pyrrole nitrogens is 1. The highest BCUT2D eigenvalue weighted by molar-refractivity contribution is 5.79. The number of hydrogen-bond donors (Lipinski definition) is 1. The van der Waals surface area contributed by atoms with E-state index in [0.717, 1.165) is 26.2 Å². The van der Waals surface area contributed by atoms with Crippen LogP contribution in [0.15, 0.2) is 36.7 Å². The first-order valence-corrected chi connectivity index (χ1v) is 9.72. The maximum Gasteiger partial charge on any atom is 0.237 e. The normalized spacial score (nSPS) is 25.3. The van der Waals surface area contributed by atoms with E-state index in [2.05, 4.69) is 51.2 Å². The van der Waals surface area contributed by atoms with Crippen LogP contribution in [-0.2, 0) is 11.3 Å². The van der Waals surface area contributed by atoms with Crippen LogP contribution in [0.1, 0.15) is 22.7 Å². The average Bonchev–Trinajstić information content (AvgIpc) is 3.31. The van der Waals surface area contributed by atoms with Gasteiger partial charge in [-0.3, -0.25) is 14.8 Å². The Morgan fingerprint density at radius 2 is 2.07 bits per heavy atom. The maximum absolute atomic E-state index is 13.0. The molecule has 144 valence electrons. The molecule has 6 nitrogen and oxygen atoms in total. The van der Waals surface area contributed by atoms with Crippen LogP contribution in [0.25, 0.3) is 0 Å². The zero-order chi connectivity index (χ0) is 19.0. The van der Waals surface area contributed by atoms with E-state index in [1.165, 1.54) is 16.7 Å². The molecule has 27 heavy (non-hydrogen) atoms. The maximum atomic E-state index is 13.0. The number of hydrogen-bond acceptors (Lipinski definition) is 4. The molecule has 4 rings (SSSR count). The quantitative estimate of drug-likeness (QED) is 0.877. The van der Waals surface area contributed by atoms with Gasteiger partial charge in [0, 0.05) is 43.9 Å². The van der Waals surface area contributed by atoms with Crippen molar-refractivity contribution in [2.24, 2.45) is 11.8 Å². The fourth-order valence-electron chi connectivity index (χ4n) is 4.82. The molecule has 2 aliphatic rings. The summed E-state index contributed by atoms with van der Waals surface area (Å²) in [5, 5.41) is 6.97. The van der Waals surface area contributed by atoms with Gasteiger partial charge in [0.05, 0.1) is 18.8 Å². The standard InChI is InChI=1S/C21H29N5O/c1-15-6-4-5-7-18(15)21-19-13-25(10-16-8-22-23-9-16)11-17(19)12-26(21)20(27)14-24(2)3/h4-9,17,19,21H,10-14H2,1-3H3,(H,22,23)/t17-,19-,21+/m1/s1. The summed E-state index contributed by atoms with van der Waals surface area (Å²) in [6.45, 7) is 6.49. The number of benzene rings is 1. The van der Waals surface area contributed by atoms with E-state index in [-0.39, 0.29) is 11.9 Å². The number of aromatic amines is 1. The minimum absolute atomic E-state index is 0.179. The van der Waals surface area contributed by atoms with Gasteiger partial charge in [-0.1, -0.05) is 24.3 Å². The number of carbonyl (C=O) groups is 1. The molecule has 1 aromatic heterocycles. The van der Waals surface area contributed by atoms with Crippen molar-refractivity contribution in [1.29, 1.82) is 0 Å². The number of aryl methyl sites for hydroxylation is 1. The number of likely N-dealkylation sites (N-methyl/N-ethyl adjacent to an activating group) is 1. The zero-order valence-corrected chi connectivity index (χ0v) is 16.4. The predicted molar refractivity (Wildman–Crippen MR) is 105 cm³/mol. The van der Waals surface area contributed by atoms with Gasteiger partial charge in [0.2, 0.25) is 5.91 Å². The molecule has 2 saturated heterocycles. The van der Waals surface area contributed by atoms with Crippen molar-refractivity contribution < 1.29 is 4.79 Å². The van der Waals surface area contributed by atoms with Crippen LogP contribution < -0.4 is 0 Å². The molecule has 6 heteroatoms. The van der Waals surface area contributed by atoms with Crippen molar-refractivity contribution >= 4 is 5.91 Å². The van der Waals surface area contributed by atoms with E-state index < -0.39 is 0 Å². The van der Waals surface area contributed by atoms with Gasteiger partial charge in [0.1, 0.15) is 0 Å². The molecule has 1 amide bonds. The minimum Gasteiger partial charge on any atom is -0.334 e. The van der Waals surface area contributed by atoms with E-state index in [4.69, 9.17) is 0 Å². The van der Waals surface area contributed by atoms with E-state index in [0.29, 0.717) is 18.4 Å².